The largest absolute Gasteiger partial charge is 0.355 e. The normalized spacial score (nSPS) is 12.1. The van der Waals surface area contributed by atoms with Gasteiger partial charge in [0.05, 0.1) is 27.0 Å². The second kappa shape index (κ2) is 13.9. The number of halogens is 4. The molecule has 3 rings (SSSR count). The number of hydrogen-bond donors (Lipinski definition) is 1. The lowest BCUT2D eigenvalue weighted by molar-refractivity contribution is -0.140. The predicted molar refractivity (Wildman–Crippen MR) is 161 cm³/mol. The second-order valence-corrected chi connectivity index (χ2v) is 12.8. The zero-order chi connectivity index (χ0) is 28.7. The van der Waals surface area contributed by atoms with E-state index in [9.17, 15) is 18.0 Å². The molecule has 3 aromatic rings. The van der Waals surface area contributed by atoms with E-state index in [1.165, 1.54) is 17.0 Å². The molecule has 2 amide bonds. The van der Waals surface area contributed by atoms with E-state index >= 15 is 0 Å². The molecule has 1 atom stereocenters. The monoisotopic (exact) mass is 673 g/mol. The average Bonchev–Trinajstić information content (AvgIpc) is 2.88. The van der Waals surface area contributed by atoms with Crippen LogP contribution in [0.15, 0.2) is 71.2 Å². The highest BCUT2D eigenvalue weighted by Crippen LogP contribution is 2.35. The Morgan fingerprint density at radius 3 is 2.13 bits per heavy atom. The van der Waals surface area contributed by atoms with E-state index in [0.29, 0.717) is 6.54 Å². The van der Waals surface area contributed by atoms with Crippen molar-refractivity contribution in [2.45, 2.75) is 25.9 Å². The lowest BCUT2D eigenvalue weighted by Gasteiger charge is -2.33. The summed E-state index contributed by atoms with van der Waals surface area (Å²) >= 11 is 21.9. The van der Waals surface area contributed by atoms with Crippen molar-refractivity contribution in [3.8, 4) is 0 Å². The van der Waals surface area contributed by atoms with Gasteiger partial charge in [0, 0.05) is 24.0 Å². The third kappa shape index (κ3) is 8.59. The van der Waals surface area contributed by atoms with Gasteiger partial charge in [-0.15, -0.1) is 0 Å². The van der Waals surface area contributed by atoms with Crippen LogP contribution in [-0.2, 0) is 32.6 Å². The van der Waals surface area contributed by atoms with Crippen molar-refractivity contribution in [3.63, 3.8) is 0 Å². The van der Waals surface area contributed by atoms with Crippen molar-refractivity contribution in [3.05, 3.63) is 97.4 Å². The maximum absolute atomic E-state index is 14.0. The summed E-state index contributed by atoms with van der Waals surface area (Å²) in [6.45, 7) is 1.60. The average molecular weight is 676 g/mol. The number of anilines is 1. The van der Waals surface area contributed by atoms with E-state index in [1.54, 1.807) is 6.92 Å². The maximum Gasteiger partial charge on any atom is 0.244 e. The van der Waals surface area contributed by atoms with Gasteiger partial charge in [0.2, 0.25) is 21.8 Å². The van der Waals surface area contributed by atoms with Crippen LogP contribution in [0.5, 0.6) is 0 Å². The van der Waals surface area contributed by atoms with Crippen molar-refractivity contribution in [1.29, 1.82) is 0 Å². The van der Waals surface area contributed by atoms with Crippen LogP contribution in [0.4, 0.5) is 5.69 Å². The number of hydrogen-bond acceptors (Lipinski definition) is 4. The Kier molecular flexibility index (Phi) is 11.1. The molecule has 0 radical (unpaired) electrons. The zero-order valence-electron chi connectivity index (χ0n) is 21.2. The first-order valence-corrected chi connectivity index (χ1v) is 15.7. The van der Waals surface area contributed by atoms with Crippen LogP contribution in [0.2, 0.25) is 15.1 Å². The predicted octanol–water partition coefficient (Wildman–Crippen LogP) is 5.95. The lowest BCUT2D eigenvalue weighted by atomic mass is 10.0. The minimum atomic E-state index is -4.00. The number of nitrogens with zero attached hydrogens (tertiary/aromatic N) is 2. The van der Waals surface area contributed by atoms with Crippen LogP contribution in [0.25, 0.3) is 0 Å². The van der Waals surface area contributed by atoms with Gasteiger partial charge < -0.3 is 10.2 Å². The van der Waals surface area contributed by atoms with Crippen LogP contribution in [0, 0.1) is 0 Å². The summed E-state index contributed by atoms with van der Waals surface area (Å²) in [7, 11) is -4.00. The number of amides is 2. The van der Waals surface area contributed by atoms with E-state index in [2.05, 4.69) is 21.2 Å². The van der Waals surface area contributed by atoms with E-state index in [-0.39, 0.29) is 39.6 Å². The number of carbonyl (C=O) groups excluding carboxylic acids is 2. The molecule has 0 saturated carbocycles. The molecule has 0 heterocycles. The van der Waals surface area contributed by atoms with Crippen molar-refractivity contribution in [2.75, 3.05) is 23.7 Å². The Labute approximate surface area is 252 Å². The molecular weight excluding hydrogens is 649 g/mol. The van der Waals surface area contributed by atoms with Gasteiger partial charge >= 0.3 is 0 Å². The quantitative estimate of drug-likeness (QED) is 0.255. The summed E-state index contributed by atoms with van der Waals surface area (Å²) in [6, 6.07) is 18.3. The Bertz CT molecular complexity index is 1420. The van der Waals surface area contributed by atoms with Crippen LogP contribution < -0.4 is 9.62 Å². The van der Waals surface area contributed by atoms with Gasteiger partial charge in [0.15, 0.2) is 0 Å². The fourth-order valence-corrected chi connectivity index (χ4v) is 5.74. The molecule has 0 fully saturated rings. The zero-order valence-corrected chi connectivity index (χ0v) is 25.9. The molecule has 0 bridgehead atoms. The van der Waals surface area contributed by atoms with Gasteiger partial charge in [0.1, 0.15) is 12.6 Å². The Balaban J connectivity index is 2.07. The first-order valence-electron chi connectivity index (χ1n) is 11.9. The summed E-state index contributed by atoms with van der Waals surface area (Å²) < 4.78 is 27.5. The van der Waals surface area contributed by atoms with E-state index < -0.39 is 28.5 Å². The number of benzene rings is 3. The SMILES string of the molecule is CCNC(=O)[C@H](Cc1ccccc1)N(Cc1ccc(Br)cc1)C(=O)CN(c1cc(Cl)c(Cl)cc1Cl)S(C)(=O)=O. The van der Waals surface area contributed by atoms with Gasteiger partial charge in [-0.2, -0.15) is 0 Å². The third-order valence-corrected chi connectivity index (χ3v) is 8.51. The first-order chi connectivity index (χ1) is 18.4. The van der Waals surface area contributed by atoms with Crippen LogP contribution in [0.3, 0.4) is 0 Å². The standard InChI is InChI=1S/C27H27BrCl3N3O4S/c1-3-32-27(36)25(13-18-7-5-4-6-8-18)33(16-19-9-11-20(28)12-10-19)26(35)17-34(39(2,37)38)24-15-22(30)21(29)14-23(24)31/h4-12,14-15,25H,3,13,16-17H2,1-2H3,(H,32,36)/t25-/m0/s1. The molecule has 0 aliphatic heterocycles. The van der Waals surface area contributed by atoms with Gasteiger partial charge in [-0.05, 0) is 42.3 Å². The highest BCUT2D eigenvalue weighted by Gasteiger charge is 2.33. The van der Waals surface area contributed by atoms with Gasteiger partial charge in [-0.25, -0.2) is 8.42 Å². The molecule has 1 N–H and O–H groups in total. The molecule has 0 aromatic heterocycles. The van der Waals surface area contributed by atoms with E-state index in [1.807, 2.05) is 54.6 Å². The fourth-order valence-electron chi connectivity index (χ4n) is 3.93. The molecule has 0 aliphatic carbocycles. The number of carbonyl (C=O) groups is 2. The molecule has 3 aromatic carbocycles. The highest BCUT2D eigenvalue weighted by atomic mass is 79.9. The number of sulfonamides is 1. The molecule has 0 spiro atoms. The summed E-state index contributed by atoms with van der Waals surface area (Å²) in [4.78, 5) is 28.7. The molecular formula is C27H27BrCl3N3O4S. The number of likely N-dealkylation sites (N-methyl/N-ethyl adjacent to an activating group) is 1. The van der Waals surface area contributed by atoms with Gasteiger partial charge in [-0.1, -0.05) is 93.2 Å². The van der Waals surface area contributed by atoms with Crippen molar-refractivity contribution in [1.82, 2.24) is 10.2 Å². The van der Waals surface area contributed by atoms with Crippen molar-refractivity contribution < 1.29 is 18.0 Å². The molecule has 208 valence electrons. The topological polar surface area (TPSA) is 86.8 Å². The molecule has 0 saturated heterocycles. The van der Waals surface area contributed by atoms with Crippen molar-refractivity contribution >= 4 is 78.3 Å². The minimum absolute atomic E-state index is 0.00290. The summed E-state index contributed by atoms with van der Waals surface area (Å²) in [5, 5.41) is 3.03. The van der Waals surface area contributed by atoms with Crippen LogP contribution in [0.1, 0.15) is 18.1 Å². The molecule has 0 aliphatic rings. The minimum Gasteiger partial charge on any atom is -0.355 e. The molecule has 0 unspecified atom stereocenters. The first kappa shape index (κ1) is 31.2. The number of rotatable bonds is 11. The smallest absolute Gasteiger partial charge is 0.244 e. The van der Waals surface area contributed by atoms with Crippen molar-refractivity contribution in [2.24, 2.45) is 0 Å². The van der Waals surface area contributed by atoms with Crippen LogP contribution >= 0.6 is 50.7 Å². The van der Waals surface area contributed by atoms with Gasteiger partial charge in [-0.3, -0.25) is 13.9 Å². The lowest BCUT2D eigenvalue weighted by Crippen LogP contribution is -2.53. The molecule has 12 heteroatoms. The highest BCUT2D eigenvalue weighted by molar-refractivity contribution is 9.10. The Hall–Kier alpha value is -2.30. The Morgan fingerprint density at radius 2 is 1.54 bits per heavy atom. The molecule has 7 nitrogen and oxygen atoms in total. The summed E-state index contributed by atoms with van der Waals surface area (Å²) in [5.41, 5.74) is 1.60. The summed E-state index contributed by atoms with van der Waals surface area (Å²) in [5.74, 6) is -0.956. The maximum atomic E-state index is 14.0. The third-order valence-electron chi connectivity index (χ3n) is 5.83. The second-order valence-electron chi connectivity index (χ2n) is 8.74. The van der Waals surface area contributed by atoms with E-state index in [0.717, 1.165) is 26.2 Å². The fraction of sp³-hybridized carbons (Fsp3) is 0.259. The van der Waals surface area contributed by atoms with Crippen LogP contribution in [-0.4, -0.2) is 50.5 Å². The summed E-state index contributed by atoms with van der Waals surface area (Å²) in [6.07, 6.45) is 1.19. The number of nitrogens with one attached hydrogen (secondary N) is 1. The Morgan fingerprint density at radius 1 is 0.923 bits per heavy atom. The van der Waals surface area contributed by atoms with Gasteiger partial charge in [0.25, 0.3) is 0 Å². The van der Waals surface area contributed by atoms with E-state index in [4.69, 9.17) is 34.8 Å². The molecule has 39 heavy (non-hydrogen) atoms.